The van der Waals surface area contributed by atoms with Crippen LogP contribution in [-0.4, -0.2) is 25.6 Å². The second kappa shape index (κ2) is 8.55. The molecule has 0 aliphatic carbocycles. The minimum atomic E-state index is -0.644. The first-order valence-electron chi connectivity index (χ1n) is 8.31. The zero-order chi connectivity index (χ0) is 20.3. The fourth-order valence-electron chi connectivity index (χ4n) is 2.48. The molecule has 0 radical (unpaired) electrons. The number of carbonyl (C=O) groups is 1. The number of aliphatic imine (C=N–C) groups is 1. The molecule has 0 aromatic heterocycles. The van der Waals surface area contributed by atoms with E-state index in [1.807, 2.05) is 13.0 Å². The van der Waals surface area contributed by atoms with Gasteiger partial charge < -0.3 is 14.2 Å². The molecule has 0 unspecified atom stereocenters. The monoisotopic (exact) mass is 493 g/mol. The minimum absolute atomic E-state index is 0.0579. The summed E-state index contributed by atoms with van der Waals surface area (Å²) in [6, 6.07) is 9.54. The fraction of sp³-hybridized carbons (Fsp3) is 0.143. The van der Waals surface area contributed by atoms with E-state index in [0.29, 0.717) is 23.7 Å². The van der Waals surface area contributed by atoms with Gasteiger partial charge in [0.15, 0.2) is 17.2 Å². The summed E-state index contributed by atoms with van der Waals surface area (Å²) in [6.07, 6.45) is 1.56. The molecule has 0 N–H and O–H groups in total. The van der Waals surface area contributed by atoms with Crippen molar-refractivity contribution in [3.05, 3.63) is 74.8 Å². The molecule has 0 atom stereocenters. The zero-order valence-corrected chi connectivity index (χ0v) is 17.4. The van der Waals surface area contributed by atoms with Crippen molar-refractivity contribution in [1.82, 2.24) is 0 Å². The number of methoxy groups -OCH3 is 1. The Morgan fingerprint density at radius 3 is 2.79 bits per heavy atom. The SMILES string of the molecule is C=C(C)COc1c(I)cc(/C=C2\N=C(c3ccccc3F)OC2=O)cc1OC. The minimum Gasteiger partial charge on any atom is -0.493 e. The van der Waals surface area contributed by atoms with Crippen molar-refractivity contribution >= 4 is 40.5 Å². The molecule has 0 bridgehead atoms. The van der Waals surface area contributed by atoms with E-state index in [9.17, 15) is 9.18 Å². The lowest BCUT2D eigenvalue weighted by Gasteiger charge is -2.13. The van der Waals surface area contributed by atoms with Crippen molar-refractivity contribution in [2.24, 2.45) is 4.99 Å². The summed E-state index contributed by atoms with van der Waals surface area (Å²) in [6.45, 7) is 6.06. The Morgan fingerprint density at radius 2 is 2.11 bits per heavy atom. The van der Waals surface area contributed by atoms with Crippen molar-refractivity contribution < 1.29 is 23.4 Å². The largest absolute Gasteiger partial charge is 0.493 e. The maximum atomic E-state index is 13.9. The van der Waals surface area contributed by atoms with Gasteiger partial charge in [0.05, 0.1) is 16.2 Å². The number of esters is 1. The van der Waals surface area contributed by atoms with Crippen LogP contribution < -0.4 is 9.47 Å². The second-order valence-electron chi connectivity index (χ2n) is 6.10. The van der Waals surface area contributed by atoms with Crippen LogP contribution >= 0.6 is 22.6 Å². The van der Waals surface area contributed by atoms with E-state index < -0.39 is 11.8 Å². The molecule has 0 saturated carbocycles. The van der Waals surface area contributed by atoms with Crippen LogP contribution in [0.25, 0.3) is 6.08 Å². The summed E-state index contributed by atoms with van der Waals surface area (Å²) in [5, 5.41) is 0. The van der Waals surface area contributed by atoms with Crippen molar-refractivity contribution in [2.75, 3.05) is 13.7 Å². The predicted molar refractivity (Wildman–Crippen MR) is 113 cm³/mol. The molecule has 0 amide bonds. The number of halogens is 2. The molecular formula is C21H17FINO4. The Kier molecular flexibility index (Phi) is 6.13. The highest BCUT2D eigenvalue weighted by atomic mass is 127. The van der Waals surface area contributed by atoms with Crippen molar-refractivity contribution in [3.8, 4) is 11.5 Å². The Hall–Kier alpha value is -2.68. The van der Waals surface area contributed by atoms with Crippen molar-refractivity contribution in [3.63, 3.8) is 0 Å². The van der Waals surface area contributed by atoms with Crippen LogP contribution in [-0.2, 0) is 9.53 Å². The maximum Gasteiger partial charge on any atom is 0.363 e. The van der Waals surface area contributed by atoms with E-state index >= 15 is 0 Å². The van der Waals surface area contributed by atoms with Gasteiger partial charge in [-0.3, -0.25) is 0 Å². The van der Waals surface area contributed by atoms with Gasteiger partial charge in [0, 0.05) is 0 Å². The standard InChI is InChI=1S/C21H17FINO4/c1-12(2)11-27-19-16(23)8-13(10-18(19)26-3)9-17-21(25)28-20(24-17)14-6-4-5-7-15(14)22/h4-10H,1,11H2,2-3H3/b17-9-. The van der Waals surface area contributed by atoms with Gasteiger partial charge in [-0.05, 0) is 71.0 Å². The average molecular weight is 493 g/mol. The number of benzene rings is 2. The molecule has 1 aliphatic rings. The van der Waals surface area contributed by atoms with Gasteiger partial charge in [-0.25, -0.2) is 14.2 Å². The van der Waals surface area contributed by atoms with Gasteiger partial charge in [-0.15, -0.1) is 0 Å². The van der Waals surface area contributed by atoms with Gasteiger partial charge in [-0.1, -0.05) is 18.7 Å². The third-order valence-corrected chi connectivity index (χ3v) is 4.54. The first-order chi connectivity index (χ1) is 13.4. The summed E-state index contributed by atoms with van der Waals surface area (Å²) in [7, 11) is 1.54. The molecule has 0 fully saturated rings. The highest BCUT2D eigenvalue weighted by Crippen LogP contribution is 2.35. The van der Waals surface area contributed by atoms with Crippen LogP contribution in [0.2, 0.25) is 0 Å². The smallest absolute Gasteiger partial charge is 0.363 e. The fourth-order valence-corrected chi connectivity index (χ4v) is 3.26. The number of hydrogen-bond acceptors (Lipinski definition) is 5. The van der Waals surface area contributed by atoms with Crippen LogP contribution in [0.3, 0.4) is 0 Å². The molecule has 2 aromatic carbocycles. The van der Waals surface area contributed by atoms with Crippen molar-refractivity contribution in [1.29, 1.82) is 0 Å². The molecule has 5 nitrogen and oxygen atoms in total. The average Bonchev–Trinajstić information content (AvgIpc) is 3.00. The number of cyclic esters (lactones) is 1. The highest BCUT2D eigenvalue weighted by Gasteiger charge is 2.26. The van der Waals surface area contributed by atoms with Crippen LogP contribution in [0.4, 0.5) is 4.39 Å². The van der Waals surface area contributed by atoms with Crippen molar-refractivity contribution in [2.45, 2.75) is 6.92 Å². The molecule has 1 aliphatic heterocycles. The lowest BCUT2D eigenvalue weighted by molar-refractivity contribution is -0.129. The van der Waals surface area contributed by atoms with Gasteiger partial charge in [0.25, 0.3) is 0 Å². The summed E-state index contributed by atoms with van der Waals surface area (Å²) >= 11 is 2.13. The summed E-state index contributed by atoms with van der Waals surface area (Å²) in [5.74, 6) is -0.0970. The number of nitrogens with zero attached hydrogens (tertiary/aromatic N) is 1. The first-order valence-corrected chi connectivity index (χ1v) is 9.39. The maximum absolute atomic E-state index is 13.9. The topological polar surface area (TPSA) is 57.1 Å². The Bertz CT molecular complexity index is 1010. The van der Waals surface area contributed by atoms with Crippen LogP contribution in [0, 0.1) is 9.39 Å². The number of ether oxygens (including phenoxy) is 3. The number of rotatable bonds is 6. The van der Waals surface area contributed by atoms with E-state index in [2.05, 4.69) is 34.2 Å². The molecule has 3 rings (SSSR count). The first kappa shape index (κ1) is 20.1. The van der Waals surface area contributed by atoms with E-state index in [4.69, 9.17) is 14.2 Å². The molecule has 144 valence electrons. The molecule has 2 aromatic rings. The van der Waals surface area contributed by atoms with Gasteiger partial charge in [0.1, 0.15) is 12.4 Å². The summed E-state index contributed by atoms with van der Waals surface area (Å²) in [5.41, 5.74) is 1.77. The highest BCUT2D eigenvalue weighted by molar-refractivity contribution is 14.1. The molecule has 0 saturated heterocycles. The molecule has 1 heterocycles. The van der Waals surface area contributed by atoms with Gasteiger partial charge in [-0.2, -0.15) is 0 Å². The Morgan fingerprint density at radius 1 is 1.36 bits per heavy atom. The zero-order valence-electron chi connectivity index (χ0n) is 15.3. The van der Waals surface area contributed by atoms with Crippen LogP contribution in [0.15, 0.2) is 59.2 Å². The Balaban J connectivity index is 1.94. The third kappa shape index (κ3) is 4.41. The Labute approximate surface area is 175 Å². The van der Waals surface area contributed by atoms with E-state index in [1.54, 1.807) is 24.3 Å². The van der Waals surface area contributed by atoms with E-state index in [0.717, 1.165) is 9.14 Å². The number of hydrogen-bond donors (Lipinski definition) is 0. The quantitative estimate of drug-likeness (QED) is 0.253. The third-order valence-electron chi connectivity index (χ3n) is 3.74. The van der Waals surface area contributed by atoms with Gasteiger partial charge in [0.2, 0.25) is 5.90 Å². The molecule has 28 heavy (non-hydrogen) atoms. The van der Waals surface area contributed by atoms with E-state index in [-0.39, 0.29) is 17.2 Å². The van der Waals surface area contributed by atoms with Crippen LogP contribution in [0.5, 0.6) is 11.5 Å². The summed E-state index contributed by atoms with van der Waals surface area (Å²) in [4.78, 5) is 16.3. The molecular weight excluding hydrogens is 476 g/mol. The van der Waals surface area contributed by atoms with E-state index in [1.165, 1.54) is 19.2 Å². The van der Waals surface area contributed by atoms with Gasteiger partial charge >= 0.3 is 5.97 Å². The second-order valence-corrected chi connectivity index (χ2v) is 7.26. The van der Waals surface area contributed by atoms with Crippen LogP contribution in [0.1, 0.15) is 18.1 Å². The summed E-state index contributed by atoms with van der Waals surface area (Å²) < 4.78 is 31.0. The predicted octanol–water partition coefficient (Wildman–Crippen LogP) is 4.74. The normalized spacial score (nSPS) is 14.6. The lowest BCUT2D eigenvalue weighted by atomic mass is 10.1. The number of carbonyl (C=O) groups excluding carboxylic acids is 1. The molecule has 7 heteroatoms. The lowest BCUT2D eigenvalue weighted by Crippen LogP contribution is -2.07. The molecule has 0 spiro atoms.